The minimum Gasteiger partial charge on any atom is -0.496 e. The molecule has 1 aromatic rings. The molecule has 0 saturated carbocycles. The molecule has 0 spiro atoms. The van der Waals surface area contributed by atoms with E-state index in [9.17, 15) is 9.59 Å². The van der Waals surface area contributed by atoms with E-state index in [1.165, 1.54) is 7.11 Å². The normalized spacial score (nSPS) is 17.8. The summed E-state index contributed by atoms with van der Waals surface area (Å²) < 4.78 is 10.00. The van der Waals surface area contributed by atoms with Gasteiger partial charge in [0.15, 0.2) is 0 Å². The zero-order chi connectivity index (χ0) is 13.8. The van der Waals surface area contributed by atoms with Crippen LogP contribution in [-0.2, 0) is 20.7 Å². The second-order valence-electron chi connectivity index (χ2n) is 4.67. The lowest BCUT2D eigenvalue weighted by atomic mass is 9.79. The van der Waals surface area contributed by atoms with Gasteiger partial charge < -0.3 is 9.47 Å². The maximum absolute atomic E-state index is 12.1. The topological polar surface area (TPSA) is 52.6 Å². The van der Waals surface area contributed by atoms with Crippen molar-refractivity contribution in [2.45, 2.75) is 31.6 Å². The van der Waals surface area contributed by atoms with Crippen LogP contribution in [0.1, 0.15) is 36.3 Å². The molecule has 1 aliphatic carbocycles. The smallest absolute Gasteiger partial charge is 0.305 e. The van der Waals surface area contributed by atoms with Crippen LogP contribution in [0.3, 0.4) is 0 Å². The SMILES string of the molecule is COC(=O)CCC1C(=O)CCc2cccc(OC)c21. The van der Waals surface area contributed by atoms with Gasteiger partial charge in [-0.3, -0.25) is 9.59 Å². The molecular formula is C15H18O4. The largest absolute Gasteiger partial charge is 0.496 e. The Bertz CT molecular complexity index is 479. The average molecular weight is 262 g/mol. The molecule has 2 rings (SSSR count). The van der Waals surface area contributed by atoms with E-state index < -0.39 is 0 Å². The molecule has 19 heavy (non-hydrogen) atoms. The van der Waals surface area contributed by atoms with Gasteiger partial charge in [0.25, 0.3) is 0 Å². The van der Waals surface area contributed by atoms with Crippen LogP contribution in [0.5, 0.6) is 5.75 Å². The second-order valence-corrected chi connectivity index (χ2v) is 4.67. The van der Waals surface area contributed by atoms with Crippen LogP contribution in [0.15, 0.2) is 18.2 Å². The number of carbonyl (C=O) groups is 2. The van der Waals surface area contributed by atoms with Crippen molar-refractivity contribution in [2.24, 2.45) is 0 Å². The zero-order valence-corrected chi connectivity index (χ0v) is 11.3. The summed E-state index contributed by atoms with van der Waals surface area (Å²) in [6.45, 7) is 0. The number of rotatable bonds is 4. The van der Waals surface area contributed by atoms with Gasteiger partial charge in [-0.1, -0.05) is 12.1 Å². The Labute approximate surface area is 112 Å². The van der Waals surface area contributed by atoms with E-state index in [0.29, 0.717) is 12.8 Å². The van der Waals surface area contributed by atoms with Gasteiger partial charge in [-0.2, -0.15) is 0 Å². The fourth-order valence-corrected chi connectivity index (χ4v) is 2.64. The highest BCUT2D eigenvalue weighted by Crippen LogP contribution is 2.38. The Hall–Kier alpha value is -1.84. The third kappa shape index (κ3) is 2.78. The fourth-order valence-electron chi connectivity index (χ4n) is 2.64. The van der Waals surface area contributed by atoms with Gasteiger partial charge in [0.2, 0.25) is 0 Å². The van der Waals surface area contributed by atoms with Crippen LogP contribution in [0.25, 0.3) is 0 Å². The monoisotopic (exact) mass is 262 g/mol. The summed E-state index contributed by atoms with van der Waals surface area (Å²) in [5, 5.41) is 0. The third-order valence-corrected chi connectivity index (χ3v) is 3.62. The molecule has 1 aromatic carbocycles. The molecule has 1 atom stereocenters. The molecule has 0 amide bonds. The molecule has 0 fully saturated rings. The van der Waals surface area contributed by atoms with Gasteiger partial charge in [-0.05, 0) is 24.5 Å². The van der Waals surface area contributed by atoms with Crippen LogP contribution in [-0.4, -0.2) is 26.0 Å². The molecule has 0 aromatic heterocycles. The first-order chi connectivity index (χ1) is 9.17. The van der Waals surface area contributed by atoms with Gasteiger partial charge in [-0.15, -0.1) is 0 Å². The number of benzene rings is 1. The fraction of sp³-hybridized carbons (Fsp3) is 0.467. The lowest BCUT2D eigenvalue weighted by Gasteiger charge is -2.26. The Morgan fingerprint density at radius 2 is 2.11 bits per heavy atom. The Balaban J connectivity index is 2.29. The number of hydrogen-bond donors (Lipinski definition) is 0. The van der Waals surface area contributed by atoms with Crippen LogP contribution >= 0.6 is 0 Å². The van der Waals surface area contributed by atoms with Crippen molar-refractivity contribution in [1.82, 2.24) is 0 Å². The number of methoxy groups -OCH3 is 2. The van der Waals surface area contributed by atoms with E-state index in [1.807, 2.05) is 18.2 Å². The van der Waals surface area contributed by atoms with E-state index in [4.69, 9.17) is 4.74 Å². The Morgan fingerprint density at radius 1 is 1.32 bits per heavy atom. The molecule has 4 heteroatoms. The lowest BCUT2D eigenvalue weighted by Crippen LogP contribution is -2.22. The highest BCUT2D eigenvalue weighted by atomic mass is 16.5. The van der Waals surface area contributed by atoms with Crippen molar-refractivity contribution in [2.75, 3.05) is 14.2 Å². The number of carbonyl (C=O) groups excluding carboxylic acids is 2. The highest BCUT2D eigenvalue weighted by molar-refractivity contribution is 5.89. The standard InChI is InChI=1S/C15H18O4/c1-18-13-5-3-4-10-6-8-12(16)11(15(10)13)7-9-14(17)19-2/h3-5,11H,6-9H2,1-2H3. The van der Waals surface area contributed by atoms with Crippen molar-refractivity contribution >= 4 is 11.8 Å². The minimum atomic E-state index is -0.283. The summed E-state index contributed by atoms with van der Waals surface area (Å²) in [6, 6.07) is 5.82. The van der Waals surface area contributed by atoms with E-state index >= 15 is 0 Å². The van der Waals surface area contributed by atoms with Crippen LogP contribution < -0.4 is 4.74 Å². The zero-order valence-electron chi connectivity index (χ0n) is 11.3. The summed E-state index contributed by atoms with van der Waals surface area (Å²) in [5.41, 5.74) is 2.10. The molecule has 0 heterocycles. The third-order valence-electron chi connectivity index (χ3n) is 3.62. The average Bonchev–Trinajstić information content (AvgIpc) is 2.45. The summed E-state index contributed by atoms with van der Waals surface area (Å²) in [5.74, 6) is 0.384. The first-order valence-corrected chi connectivity index (χ1v) is 6.42. The van der Waals surface area contributed by atoms with E-state index in [2.05, 4.69) is 4.74 Å². The first kappa shape index (κ1) is 13.6. The molecule has 1 aliphatic rings. The second kappa shape index (κ2) is 5.87. The van der Waals surface area contributed by atoms with Gasteiger partial charge in [0, 0.05) is 24.3 Å². The predicted molar refractivity (Wildman–Crippen MR) is 70.3 cm³/mol. The van der Waals surface area contributed by atoms with Gasteiger partial charge >= 0.3 is 5.97 Å². The summed E-state index contributed by atoms with van der Waals surface area (Å²) in [4.78, 5) is 23.4. The van der Waals surface area contributed by atoms with Crippen LogP contribution in [0.4, 0.5) is 0 Å². The maximum Gasteiger partial charge on any atom is 0.305 e. The Morgan fingerprint density at radius 3 is 2.79 bits per heavy atom. The van der Waals surface area contributed by atoms with Gasteiger partial charge in [0.1, 0.15) is 11.5 Å². The minimum absolute atomic E-state index is 0.181. The molecule has 1 unspecified atom stereocenters. The van der Waals surface area contributed by atoms with Crippen molar-refractivity contribution in [3.63, 3.8) is 0 Å². The molecule has 0 bridgehead atoms. The molecule has 102 valence electrons. The molecular weight excluding hydrogens is 244 g/mol. The number of aryl methyl sites for hydroxylation is 1. The van der Waals surface area contributed by atoms with E-state index in [0.717, 1.165) is 23.3 Å². The van der Waals surface area contributed by atoms with Crippen molar-refractivity contribution < 1.29 is 19.1 Å². The first-order valence-electron chi connectivity index (χ1n) is 6.42. The Kier molecular flexibility index (Phi) is 4.20. The van der Waals surface area contributed by atoms with E-state index in [1.54, 1.807) is 7.11 Å². The highest BCUT2D eigenvalue weighted by Gasteiger charge is 2.30. The number of hydrogen-bond acceptors (Lipinski definition) is 4. The van der Waals surface area contributed by atoms with E-state index in [-0.39, 0.29) is 24.1 Å². The number of ketones is 1. The number of esters is 1. The number of ether oxygens (including phenoxy) is 2. The van der Waals surface area contributed by atoms with Gasteiger partial charge in [-0.25, -0.2) is 0 Å². The van der Waals surface area contributed by atoms with Crippen LogP contribution in [0, 0.1) is 0 Å². The summed E-state index contributed by atoms with van der Waals surface area (Å²) >= 11 is 0. The quantitative estimate of drug-likeness (QED) is 0.781. The van der Waals surface area contributed by atoms with Crippen molar-refractivity contribution in [3.05, 3.63) is 29.3 Å². The summed E-state index contributed by atoms with van der Waals surface area (Å²) in [7, 11) is 2.96. The van der Waals surface area contributed by atoms with Crippen molar-refractivity contribution in [1.29, 1.82) is 0 Å². The maximum atomic E-state index is 12.1. The number of Topliss-reactive ketones (excluding diaryl/α,β-unsaturated/α-hetero) is 1. The molecule has 0 N–H and O–H groups in total. The predicted octanol–water partition coefficient (Wildman–Crippen LogP) is 2.25. The van der Waals surface area contributed by atoms with Crippen LogP contribution in [0.2, 0.25) is 0 Å². The van der Waals surface area contributed by atoms with Crippen molar-refractivity contribution in [3.8, 4) is 5.75 Å². The summed E-state index contributed by atoms with van der Waals surface area (Å²) in [6.07, 6.45) is 2.02. The lowest BCUT2D eigenvalue weighted by molar-refractivity contribution is -0.140. The molecule has 4 nitrogen and oxygen atoms in total. The molecule has 0 radical (unpaired) electrons. The molecule has 0 saturated heterocycles. The van der Waals surface area contributed by atoms with Gasteiger partial charge in [0.05, 0.1) is 14.2 Å². The number of fused-ring (bicyclic) bond motifs is 1. The molecule has 0 aliphatic heterocycles.